The van der Waals surface area contributed by atoms with Crippen LogP contribution >= 0.6 is 15.9 Å². The summed E-state index contributed by atoms with van der Waals surface area (Å²) in [6, 6.07) is 8.03. The van der Waals surface area contributed by atoms with Crippen LogP contribution in [0, 0.1) is 12.3 Å². The summed E-state index contributed by atoms with van der Waals surface area (Å²) in [5, 5.41) is 9.19. The molecule has 0 aliphatic rings. The SMILES string of the molecule is CCCC(=N)c1cc(C)nc2ccc(Br)cc12. The third-order valence-corrected chi connectivity index (χ3v) is 3.22. The predicted octanol–water partition coefficient (Wildman–Crippen LogP) is 4.47. The number of halogens is 1. The number of hydrogen-bond donors (Lipinski definition) is 1. The minimum atomic E-state index is 0.695. The molecule has 1 N–H and O–H groups in total. The lowest BCUT2D eigenvalue weighted by atomic mass is 10.0. The van der Waals surface area contributed by atoms with Gasteiger partial charge in [0, 0.05) is 26.8 Å². The van der Waals surface area contributed by atoms with E-state index in [1.54, 1.807) is 0 Å². The smallest absolute Gasteiger partial charge is 0.0712 e. The van der Waals surface area contributed by atoms with E-state index in [2.05, 4.69) is 27.8 Å². The number of rotatable bonds is 3. The van der Waals surface area contributed by atoms with Gasteiger partial charge in [-0.15, -0.1) is 0 Å². The Hall–Kier alpha value is -1.22. The molecule has 1 aromatic heterocycles. The van der Waals surface area contributed by atoms with Crippen LogP contribution in [0.3, 0.4) is 0 Å². The topological polar surface area (TPSA) is 36.7 Å². The van der Waals surface area contributed by atoms with Gasteiger partial charge in [-0.3, -0.25) is 4.98 Å². The van der Waals surface area contributed by atoms with Crippen molar-refractivity contribution >= 4 is 32.5 Å². The van der Waals surface area contributed by atoms with Gasteiger partial charge in [-0.2, -0.15) is 0 Å². The summed E-state index contributed by atoms with van der Waals surface area (Å²) in [7, 11) is 0. The highest BCUT2D eigenvalue weighted by Crippen LogP contribution is 2.24. The fourth-order valence-electron chi connectivity index (χ4n) is 1.96. The van der Waals surface area contributed by atoms with Gasteiger partial charge in [0.2, 0.25) is 0 Å². The molecule has 17 heavy (non-hydrogen) atoms. The van der Waals surface area contributed by atoms with E-state index in [0.29, 0.717) is 5.71 Å². The van der Waals surface area contributed by atoms with Gasteiger partial charge in [0.05, 0.1) is 5.52 Å². The first-order chi connectivity index (χ1) is 8.11. The molecule has 0 spiro atoms. The van der Waals surface area contributed by atoms with Crippen LogP contribution in [0.25, 0.3) is 10.9 Å². The van der Waals surface area contributed by atoms with Crippen molar-refractivity contribution in [1.82, 2.24) is 4.98 Å². The molecular weight excluding hydrogens is 276 g/mol. The van der Waals surface area contributed by atoms with Crippen LogP contribution in [-0.4, -0.2) is 10.7 Å². The van der Waals surface area contributed by atoms with Crippen molar-refractivity contribution in [3.63, 3.8) is 0 Å². The Bertz CT molecular complexity index is 576. The molecule has 3 heteroatoms. The predicted molar refractivity (Wildman–Crippen MR) is 75.9 cm³/mol. The zero-order valence-corrected chi connectivity index (χ0v) is 11.6. The second kappa shape index (κ2) is 4.96. The van der Waals surface area contributed by atoms with Gasteiger partial charge in [-0.1, -0.05) is 29.3 Å². The first-order valence-corrected chi connectivity index (χ1v) is 6.56. The molecule has 0 atom stereocenters. The highest BCUT2D eigenvalue weighted by molar-refractivity contribution is 9.10. The molecule has 0 aliphatic heterocycles. The highest BCUT2D eigenvalue weighted by atomic mass is 79.9. The van der Waals surface area contributed by atoms with Gasteiger partial charge < -0.3 is 5.41 Å². The Labute approximate surface area is 110 Å². The molecule has 0 aliphatic carbocycles. The Balaban J connectivity index is 2.67. The van der Waals surface area contributed by atoms with Crippen LogP contribution in [0.4, 0.5) is 0 Å². The fraction of sp³-hybridized carbons (Fsp3) is 0.286. The number of fused-ring (bicyclic) bond motifs is 1. The van der Waals surface area contributed by atoms with E-state index in [-0.39, 0.29) is 0 Å². The first-order valence-electron chi connectivity index (χ1n) is 5.76. The van der Waals surface area contributed by atoms with E-state index < -0.39 is 0 Å². The lowest BCUT2D eigenvalue weighted by molar-refractivity contribution is 0.986. The van der Waals surface area contributed by atoms with Gasteiger partial charge >= 0.3 is 0 Å². The Morgan fingerprint density at radius 3 is 2.82 bits per heavy atom. The van der Waals surface area contributed by atoms with Crippen molar-refractivity contribution in [2.45, 2.75) is 26.7 Å². The summed E-state index contributed by atoms with van der Waals surface area (Å²) >= 11 is 3.47. The van der Waals surface area contributed by atoms with Gasteiger partial charge in [-0.05, 0) is 37.6 Å². The second-order valence-corrected chi connectivity index (χ2v) is 5.12. The Morgan fingerprint density at radius 1 is 1.35 bits per heavy atom. The quantitative estimate of drug-likeness (QED) is 0.832. The molecule has 0 radical (unpaired) electrons. The molecule has 0 saturated carbocycles. The van der Waals surface area contributed by atoms with Crippen LogP contribution in [0.1, 0.15) is 31.0 Å². The van der Waals surface area contributed by atoms with Crippen LogP contribution in [0.2, 0.25) is 0 Å². The Kier molecular flexibility index (Phi) is 3.57. The maximum absolute atomic E-state index is 8.14. The molecule has 0 unspecified atom stereocenters. The number of aryl methyl sites for hydroxylation is 1. The monoisotopic (exact) mass is 290 g/mol. The number of benzene rings is 1. The van der Waals surface area contributed by atoms with Gasteiger partial charge in [0.1, 0.15) is 0 Å². The van der Waals surface area contributed by atoms with E-state index in [1.165, 1.54) is 0 Å². The third kappa shape index (κ3) is 2.55. The molecule has 1 heterocycles. The van der Waals surface area contributed by atoms with Crippen molar-refractivity contribution in [1.29, 1.82) is 5.41 Å². The lowest BCUT2D eigenvalue weighted by Gasteiger charge is -2.09. The van der Waals surface area contributed by atoms with E-state index in [4.69, 9.17) is 5.41 Å². The van der Waals surface area contributed by atoms with Crippen molar-refractivity contribution in [2.24, 2.45) is 0 Å². The molecule has 88 valence electrons. The number of nitrogens with one attached hydrogen (secondary N) is 1. The second-order valence-electron chi connectivity index (χ2n) is 4.20. The fourth-order valence-corrected chi connectivity index (χ4v) is 2.33. The van der Waals surface area contributed by atoms with Crippen molar-refractivity contribution in [3.05, 3.63) is 40.0 Å². The van der Waals surface area contributed by atoms with Crippen molar-refractivity contribution < 1.29 is 0 Å². The maximum atomic E-state index is 8.14. The zero-order valence-electron chi connectivity index (χ0n) is 10.0. The minimum Gasteiger partial charge on any atom is -0.305 e. The standard InChI is InChI=1S/C14H15BrN2/c1-3-4-13(16)11-7-9(2)17-14-6-5-10(15)8-12(11)14/h5-8,16H,3-4H2,1-2H3. The van der Waals surface area contributed by atoms with Crippen LogP contribution in [0.15, 0.2) is 28.7 Å². The van der Waals surface area contributed by atoms with Crippen molar-refractivity contribution in [3.8, 4) is 0 Å². The lowest BCUT2D eigenvalue weighted by Crippen LogP contribution is -2.01. The van der Waals surface area contributed by atoms with Gasteiger partial charge in [0.25, 0.3) is 0 Å². The molecule has 1 aromatic carbocycles. The van der Waals surface area contributed by atoms with E-state index >= 15 is 0 Å². The first kappa shape index (κ1) is 12.2. The zero-order chi connectivity index (χ0) is 12.4. The molecule has 0 fully saturated rings. The van der Waals surface area contributed by atoms with Crippen LogP contribution in [-0.2, 0) is 0 Å². The summed E-state index contributed by atoms with van der Waals surface area (Å²) in [6.45, 7) is 4.07. The minimum absolute atomic E-state index is 0.695. The molecule has 2 aromatic rings. The van der Waals surface area contributed by atoms with Crippen molar-refractivity contribution in [2.75, 3.05) is 0 Å². The van der Waals surface area contributed by atoms with Gasteiger partial charge in [0.15, 0.2) is 0 Å². The molecule has 0 amide bonds. The summed E-state index contributed by atoms with van der Waals surface area (Å²) in [5.74, 6) is 0. The summed E-state index contributed by atoms with van der Waals surface area (Å²) in [6.07, 6.45) is 1.81. The molecule has 0 saturated heterocycles. The molecular formula is C14H15BrN2. The van der Waals surface area contributed by atoms with Gasteiger partial charge in [-0.25, -0.2) is 0 Å². The maximum Gasteiger partial charge on any atom is 0.0712 e. The van der Waals surface area contributed by atoms with E-state index in [9.17, 15) is 0 Å². The molecule has 0 bridgehead atoms. The molecule has 2 nitrogen and oxygen atoms in total. The third-order valence-electron chi connectivity index (χ3n) is 2.72. The average Bonchev–Trinajstić information content (AvgIpc) is 2.29. The van der Waals surface area contributed by atoms with E-state index in [1.807, 2.05) is 31.2 Å². The average molecular weight is 291 g/mol. The number of pyridine rings is 1. The largest absolute Gasteiger partial charge is 0.305 e. The summed E-state index contributed by atoms with van der Waals surface area (Å²) < 4.78 is 1.03. The summed E-state index contributed by atoms with van der Waals surface area (Å²) in [5.41, 5.74) is 3.64. The molecule has 2 rings (SSSR count). The Morgan fingerprint density at radius 2 is 2.12 bits per heavy atom. The highest BCUT2D eigenvalue weighted by Gasteiger charge is 2.08. The number of hydrogen-bond acceptors (Lipinski definition) is 2. The normalized spacial score (nSPS) is 10.8. The number of nitrogens with zero attached hydrogens (tertiary/aromatic N) is 1. The van der Waals surface area contributed by atoms with Crippen LogP contribution < -0.4 is 0 Å². The van der Waals surface area contributed by atoms with Crippen LogP contribution in [0.5, 0.6) is 0 Å². The summed E-state index contributed by atoms with van der Waals surface area (Å²) in [4.78, 5) is 4.50. The number of aromatic nitrogens is 1. The van der Waals surface area contributed by atoms with E-state index in [0.717, 1.165) is 39.5 Å².